The third-order valence-electron chi connectivity index (χ3n) is 2.83. The molecule has 0 saturated carbocycles. The summed E-state index contributed by atoms with van der Waals surface area (Å²) in [6, 6.07) is -0.225. The van der Waals surface area contributed by atoms with Crippen molar-refractivity contribution in [3.63, 3.8) is 0 Å². The molecule has 0 aromatic rings. The first-order valence-corrected chi connectivity index (χ1v) is 6.60. The summed E-state index contributed by atoms with van der Waals surface area (Å²) in [5.41, 5.74) is 0. The minimum Gasteiger partial charge on any atom is -0.481 e. The van der Waals surface area contributed by atoms with E-state index in [1.165, 1.54) is 0 Å². The van der Waals surface area contributed by atoms with Gasteiger partial charge in [0.15, 0.2) is 0 Å². The van der Waals surface area contributed by atoms with Crippen molar-refractivity contribution in [2.45, 2.75) is 20.3 Å². The lowest BCUT2D eigenvalue weighted by molar-refractivity contribution is -0.142. The summed E-state index contributed by atoms with van der Waals surface area (Å²) in [5, 5.41) is 11.8. The molecular formula is C13H27N3O3. The number of aliphatic carboxylic acids is 1. The van der Waals surface area contributed by atoms with E-state index in [2.05, 4.69) is 5.32 Å². The average molecular weight is 273 g/mol. The number of nitrogens with zero attached hydrogens (tertiary/aromatic N) is 2. The van der Waals surface area contributed by atoms with Crippen LogP contribution in [0.4, 0.5) is 4.79 Å². The second-order valence-corrected chi connectivity index (χ2v) is 5.58. The fourth-order valence-corrected chi connectivity index (χ4v) is 1.64. The maximum atomic E-state index is 11.8. The standard InChI is InChI=1S/C13H27N3O3/c1-10(2)8-11(12(17)18)9-14-13(19)16(5)7-6-15(3)4/h10-11H,6-9H2,1-5H3,(H,14,19)(H,17,18). The lowest BCUT2D eigenvalue weighted by Crippen LogP contribution is -2.43. The minimum atomic E-state index is -0.857. The molecule has 6 heteroatoms. The number of carboxylic acid groups (broad SMARTS) is 1. The van der Waals surface area contributed by atoms with E-state index < -0.39 is 11.9 Å². The Balaban J connectivity index is 4.13. The number of hydrogen-bond donors (Lipinski definition) is 2. The number of rotatable bonds is 8. The van der Waals surface area contributed by atoms with Crippen molar-refractivity contribution in [3.8, 4) is 0 Å². The molecular weight excluding hydrogens is 246 g/mol. The van der Waals surface area contributed by atoms with Crippen molar-refractivity contribution in [2.24, 2.45) is 11.8 Å². The highest BCUT2D eigenvalue weighted by molar-refractivity contribution is 5.75. The Morgan fingerprint density at radius 2 is 1.74 bits per heavy atom. The van der Waals surface area contributed by atoms with Crippen molar-refractivity contribution in [2.75, 3.05) is 40.8 Å². The molecule has 0 aromatic carbocycles. The van der Waals surface area contributed by atoms with Crippen LogP contribution >= 0.6 is 0 Å². The van der Waals surface area contributed by atoms with Gasteiger partial charge >= 0.3 is 12.0 Å². The number of carbonyl (C=O) groups excluding carboxylic acids is 1. The van der Waals surface area contributed by atoms with Gasteiger partial charge in [-0.2, -0.15) is 0 Å². The quantitative estimate of drug-likeness (QED) is 0.690. The van der Waals surface area contributed by atoms with Crippen LogP contribution in [0.1, 0.15) is 20.3 Å². The van der Waals surface area contributed by atoms with Crippen molar-refractivity contribution in [3.05, 3.63) is 0 Å². The van der Waals surface area contributed by atoms with Crippen LogP contribution < -0.4 is 5.32 Å². The van der Waals surface area contributed by atoms with Crippen molar-refractivity contribution in [1.82, 2.24) is 15.1 Å². The lowest BCUT2D eigenvalue weighted by atomic mass is 9.97. The molecule has 0 saturated heterocycles. The molecule has 0 bridgehead atoms. The van der Waals surface area contributed by atoms with Crippen LogP contribution in [0.25, 0.3) is 0 Å². The van der Waals surface area contributed by atoms with Crippen LogP contribution in [0.3, 0.4) is 0 Å². The zero-order chi connectivity index (χ0) is 15.0. The summed E-state index contributed by atoms with van der Waals surface area (Å²) in [5.74, 6) is -1.08. The fraction of sp³-hybridized carbons (Fsp3) is 0.846. The van der Waals surface area contributed by atoms with E-state index in [1.807, 2.05) is 32.8 Å². The van der Waals surface area contributed by atoms with E-state index in [1.54, 1.807) is 11.9 Å². The Morgan fingerprint density at radius 3 is 2.16 bits per heavy atom. The molecule has 0 aromatic heterocycles. The largest absolute Gasteiger partial charge is 0.481 e. The van der Waals surface area contributed by atoms with E-state index in [-0.39, 0.29) is 12.6 Å². The van der Waals surface area contributed by atoms with E-state index >= 15 is 0 Å². The summed E-state index contributed by atoms with van der Waals surface area (Å²) >= 11 is 0. The van der Waals surface area contributed by atoms with Gasteiger partial charge in [-0.25, -0.2) is 4.79 Å². The van der Waals surface area contributed by atoms with Gasteiger partial charge in [0, 0.05) is 26.7 Å². The number of nitrogens with one attached hydrogen (secondary N) is 1. The van der Waals surface area contributed by atoms with Crippen LogP contribution in [-0.4, -0.2) is 67.7 Å². The Labute approximate surface area is 115 Å². The fourth-order valence-electron chi connectivity index (χ4n) is 1.64. The van der Waals surface area contributed by atoms with Gasteiger partial charge in [-0.05, 0) is 26.4 Å². The van der Waals surface area contributed by atoms with Gasteiger partial charge in [0.1, 0.15) is 0 Å². The van der Waals surface area contributed by atoms with Gasteiger partial charge in [-0.15, -0.1) is 0 Å². The van der Waals surface area contributed by atoms with Crippen LogP contribution in [0.2, 0.25) is 0 Å². The van der Waals surface area contributed by atoms with Gasteiger partial charge < -0.3 is 20.2 Å². The second-order valence-electron chi connectivity index (χ2n) is 5.58. The maximum Gasteiger partial charge on any atom is 0.317 e. The summed E-state index contributed by atoms with van der Waals surface area (Å²) in [6.45, 7) is 5.51. The van der Waals surface area contributed by atoms with Crippen LogP contribution in [-0.2, 0) is 4.79 Å². The van der Waals surface area contributed by atoms with Crippen LogP contribution in [0.5, 0.6) is 0 Å². The number of amides is 2. The molecule has 112 valence electrons. The molecule has 6 nitrogen and oxygen atoms in total. The highest BCUT2D eigenvalue weighted by Crippen LogP contribution is 2.11. The second kappa shape index (κ2) is 8.74. The minimum absolute atomic E-state index is 0.179. The molecule has 0 radical (unpaired) electrons. The molecule has 0 rings (SSSR count). The Morgan fingerprint density at radius 1 is 1.16 bits per heavy atom. The van der Waals surface area contributed by atoms with Gasteiger partial charge in [0.2, 0.25) is 0 Å². The van der Waals surface area contributed by atoms with Gasteiger partial charge in [0.25, 0.3) is 0 Å². The first kappa shape index (κ1) is 17.7. The maximum absolute atomic E-state index is 11.8. The first-order chi connectivity index (χ1) is 8.73. The van der Waals surface area contributed by atoms with E-state index in [0.29, 0.717) is 18.9 Å². The van der Waals surface area contributed by atoms with Gasteiger partial charge in [-0.3, -0.25) is 4.79 Å². The molecule has 19 heavy (non-hydrogen) atoms. The summed E-state index contributed by atoms with van der Waals surface area (Å²) < 4.78 is 0. The lowest BCUT2D eigenvalue weighted by Gasteiger charge is -2.22. The van der Waals surface area contributed by atoms with Crippen LogP contribution in [0, 0.1) is 11.8 Å². The number of likely N-dealkylation sites (N-methyl/N-ethyl adjacent to an activating group) is 2. The molecule has 0 aliphatic rings. The summed E-state index contributed by atoms with van der Waals surface area (Å²) in [7, 11) is 5.58. The average Bonchev–Trinajstić information content (AvgIpc) is 2.29. The molecule has 1 unspecified atom stereocenters. The number of urea groups is 1. The SMILES string of the molecule is CC(C)CC(CNC(=O)N(C)CCN(C)C)C(=O)O. The Kier molecular flexibility index (Phi) is 8.14. The predicted octanol–water partition coefficient (Wildman–Crippen LogP) is 0.936. The summed E-state index contributed by atoms with van der Waals surface area (Å²) in [4.78, 5) is 26.4. The Bertz CT molecular complexity index is 293. The molecule has 2 N–H and O–H groups in total. The zero-order valence-electron chi connectivity index (χ0n) is 12.6. The summed E-state index contributed by atoms with van der Waals surface area (Å²) in [6.07, 6.45) is 0.566. The number of carboxylic acids is 1. The van der Waals surface area contributed by atoms with Gasteiger partial charge in [-0.1, -0.05) is 13.8 Å². The molecule has 0 aliphatic carbocycles. The normalized spacial score (nSPS) is 12.6. The highest BCUT2D eigenvalue weighted by atomic mass is 16.4. The number of carbonyl (C=O) groups is 2. The van der Waals surface area contributed by atoms with Crippen molar-refractivity contribution < 1.29 is 14.7 Å². The molecule has 0 spiro atoms. The highest BCUT2D eigenvalue weighted by Gasteiger charge is 2.20. The van der Waals surface area contributed by atoms with Gasteiger partial charge in [0.05, 0.1) is 5.92 Å². The van der Waals surface area contributed by atoms with E-state index in [4.69, 9.17) is 5.11 Å². The molecule has 0 aliphatic heterocycles. The van der Waals surface area contributed by atoms with E-state index in [0.717, 1.165) is 6.54 Å². The predicted molar refractivity (Wildman–Crippen MR) is 75.2 cm³/mol. The van der Waals surface area contributed by atoms with E-state index in [9.17, 15) is 9.59 Å². The third kappa shape index (κ3) is 8.42. The third-order valence-corrected chi connectivity index (χ3v) is 2.83. The Hall–Kier alpha value is -1.30. The molecule has 2 amide bonds. The number of hydrogen-bond acceptors (Lipinski definition) is 3. The van der Waals surface area contributed by atoms with Crippen LogP contribution in [0.15, 0.2) is 0 Å². The van der Waals surface area contributed by atoms with Crippen molar-refractivity contribution >= 4 is 12.0 Å². The monoisotopic (exact) mass is 273 g/mol. The first-order valence-electron chi connectivity index (χ1n) is 6.60. The zero-order valence-corrected chi connectivity index (χ0v) is 12.6. The smallest absolute Gasteiger partial charge is 0.317 e. The molecule has 0 heterocycles. The molecule has 0 fully saturated rings. The topological polar surface area (TPSA) is 72.9 Å². The van der Waals surface area contributed by atoms with Crippen molar-refractivity contribution in [1.29, 1.82) is 0 Å². The molecule has 1 atom stereocenters.